The van der Waals surface area contributed by atoms with Gasteiger partial charge in [-0.05, 0) is 41.4 Å². The first-order valence-corrected chi connectivity index (χ1v) is 9.54. The van der Waals surface area contributed by atoms with Gasteiger partial charge in [-0.2, -0.15) is 11.8 Å². The number of hydrogen-bond acceptors (Lipinski definition) is 2. The summed E-state index contributed by atoms with van der Waals surface area (Å²) in [6.45, 7) is 0.896. The third-order valence-corrected chi connectivity index (χ3v) is 5.51. The van der Waals surface area contributed by atoms with Crippen LogP contribution in [0.25, 0.3) is 10.8 Å². The number of benzene rings is 2. The van der Waals surface area contributed by atoms with E-state index >= 15 is 0 Å². The highest BCUT2D eigenvalue weighted by Gasteiger charge is 2.14. The average molecular weight is 455 g/mol. The number of aliphatic imine (C=N–C) groups is 1. The maximum absolute atomic E-state index is 4.36. The lowest BCUT2D eigenvalue weighted by atomic mass is 10.0. The minimum Gasteiger partial charge on any atom is -0.356 e. The molecular weight excluding hydrogens is 429 g/mol. The van der Waals surface area contributed by atoms with Crippen molar-refractivity contribution in [1.29, 1.82) is 0 Å². The Kier molecular flexibility index (Phi) is 8.18. The summed E-state index contributed by atoms with van der Waals surface area (Å²) < 4.78 is 0. The molecule has 5 heteroatoms. The highest BCUT2D eigenvalue weighted by atomic mass is 127. The lowest BCUT2D eigenvalue weighted by Gasteiger charge is -2.24. The third-order valence-electron chi connectivity index (χ3n) is 4.29. The van der Waals surface area contributed by atoms with Crippen LogP contribution in [0.3, 0.4) is 0 Å². The maximum atomic E-state index is 4.36. The van der Waals surface area contributed by atoms with Crippen LogP contribution in [0.4, 0.5) is 0 Å². The highest BCUT2D eigenvalue weighted by Crippen LogP contribution is 2.19. The van der Waals surface area contributed by atoms with Gasteiger partial charge < -0.3 is 10.6 Å². The fourth-order valence-electron chi connectivity index (χ4n) is 3.07. The lowest BCUT2D eigenvalue weighted by molar-refractivity contribution is 0.582. The van der Waals surface area contributed by atoms with Gasteiger partial charge in [0, 0.05) is 25.4 Å². The molecule has 1 heterocycles. The van der Waals surface area contributed by atoms with Crippen molar-refractivity contribution >= 4 is 52.5 Å². The second kappa shape index (κ2) is 10.1. The second-order valence-electron chi connectivity index (χ2n) is 5.95. The molecular formula is C19H26IN3S. The van der Waals surface area contributed by atoms with Crippen molar-refractivity contribution < 1.29 is 0 Å². The number of halogens is 1. The summed E-state index contributed by atoms with van der Waals surface area (Å²) >= 11 is 2.03. The van der Waals surface area contributed by atoms with Crippen LogP contribution in [-0.2, 0) is 6.42 Å². The van der Waals surface area contributed by atoms with Gasteiger partial charge in [-0.1, -0.05) is 42.5 Å². The van der Waals surface area contributed by atoms with Gasteiger partial charge in [0.25, 0.3) is 0 Å². The van der Waals surface area contributed by atoms with E-state index in [1.165, 1.54) is 40.7 Å². The van der Waals surface area contributed by atoms with Crippen molar-refractivity contribution in [1.82, 2.24) is 10.6 Å². The zero-order valence-electron chi connectivity index (χ0n) is 14.1. The molecule has 3 rings (SSSR count). The van der Waals surface area contributed by atoms with Crippen LogP contribution in [0, 0.1) is 0 Å². The van der Waals surface area contributed by atoms with Gasteiger partial charge in [0.2, 0.25) is 0 Å². The summed E-state index contributed by atoms with van der Waals surface area (Å²) in [5.74, 6) is 3.41. The Morgan fingerprint density at radius 3 is 2.83 bits per heavy atom. The smallest absolute Gasteiger partial charge is 0.191 e. The average Bonchev–Trinajstić information content (AvgIpc) is 2.62. The van der Waals surface area contributed by atoms with E-state index in [2.05, 4.69) is 58.1 Å². The van der Waals surface area contributed by atoms with Crippen molar-refractivity contribution in [2.45, 2.75) is 25.3 Å². The van der Waals surface area contributed by atoms with E-state index in [9.17, 15) is 0 Å². The molecule has 0 radical (unpaired) electrons. The number of nitrogens with zero attached hydrogens (tertiary/aromatic N) is 1. The van der Waals surface area contributed by atoms with E-state index in [-0.39, 0.29) is 24.0 Å². The van der Waals surface area contributed by atoms with Crippen LogP contribution < -0.4 is 10.6 Å². The molecule has 1 saturated heterocycles. The van der Waals surface area contributed by atoms with Crippen molar-refractivity contribution in [3.63, 3.8) is 0 Å². The quantitative estimate of drug-likeness (QED) is 0.415. The van der Waals surface area contributed by atoms with Crippen molar-refractivity contribution in [2.75, 3.05) is 25.1 Å². The molecule has 1 aliphatic rings. The minimum absolute atomic E-state index is 0. The molecule has 0 spiro atoms. The van der Waals surface area contributed by atoms with Gasteiger partial charge in [0.05, 0.1) is 0 Å². The van der Waals surface area contributed by atoms with Crippen molar-refractivity contribution in [3.8, 4) is 0 Å². The van der Waals surface area contributed by atoms with Crippen LogP contribution in [0.15, 0.2) is 47.5 Å². The zero-order chi connectivity index (χ0) is 15.9. The largest absolute Gasteiger partial charge is 0.356 e. The first-order valence-electron chi connectivity index (χ1n) is 8.38. The lowest BCUT2D eigenvalue weighted by Crippen LogP contribution is -2.46. The minimum atomic E-state index is 0. The Bertz CT molecular complexity index is 663. The van der Waals surface area contributed by atoms with E-state index in [0.29, 0.717) is 6.04 Å². The van der Waals surface area contributed by atoms with E-state index in [0.717, 1.165) is 18.9 Å². The molecule has 2 aromatic carbocycles. The normalized spacial score (nSPS) is 18.0. The number of fused-ring (bicyclic) bond motifs is 1. The fourth-order valence-corrected chi connectivity index (χ4v) is 4.14. The van der Waals surface area contributed by atoms with Crippen LogP contribution >= 0.6 is 35.7 Å². The van der Waals surface area contributed by atoms with E-state index in [1.807, 2.05) is 18.8 Å². The number of guanidine groups is 1. The SMILES string of the molecule is CN=C(NCCc1cccc2ccccc12)NC1CCCSC1.I. The van der Waals surface area contributed by atoms with Crippen molar-refractivity contribution in [2.24, 2.45) is 4.99 Å². The molecule has 0 aromatic heterocycles. The summed E-state index contributed by atoms with van der Waals surface area (Å²) in [5, 5.41) is 9.67. The van der Waals surface area contributed by atoms with Crippen molar-refractivity contribution in [3.05, 3.63) is 48.0 Å². The molecule has 3 nitrogen and oxygen atoms in total. The Balaban J connectivity index is 0.00000208. The highest BCUT2D eigenvalue weighted by molar-refractivity contribution is 14.0. The van der Waals surface area contributed by atoms with Crippen LogP contribution in [-0.4, -0.2) is 37.1 Å². The van der Waals surface area contributed by atoms with E-state index in [4.69, 9.17) is 0 Å². The molecule has 0 aliphatic carbocycles. The predicted molar refractivity (Wildman–Crippen MR) is 118 cm³/mol. The Morgan fingerprint density at radius 1 is 1.21 bits per heavy atom. The summed E-state index contributed by atoms with van der Waals surface area (Å²) in [4.78, 5) is 4.36. The molecule has 2 N–H and O–H groups in total. The zero-order valence-corrected chi connectivity index (χ0v) is 17.3. The van der Waals surface area contributed by atoms with Gasteiger partial charge in [0.15, 0.2) is 5.96 Å². The summed E-state index contributed by atoms with van der Waals surface area (Å²) in [6, 6.07) is 15.7. The molecule has 1 atom stereocenters. The van der Waals surface area contributed by atoms with E-state index in [1.54, 1.807) is 0 Å². The first kappa shape index (κ1) is 19.4. The van der Waals surface area contributed by atoms with Crippen LogP contribution in [0.1, 0.15) is 18.4 Å². The molecule has 2 aromatic rings. The fraction of sp³-hybridized carbons (Fsp3) is 0.421. The maximum Gasteiger partial charge on any atom is 0.191 e. The second-order valence-corrected chi connectivity index (χ2v) is 7.10. The van der Waals surface area contributed by atoms with Gasteiger partial charge in [0.1, 0.15) is 0 Å². The van der Waals surface area contributed by atoms with Crippen LogP contribution in [0.5, 0.6) is 0 Å². The summed E-state index contributed by atoms with van der Waals surface area (Å²) in [5.41, 5.74) is 1.39. The predicted octanol–water partition coefficient (Wildman–Crippen LogP) is 4.06. The Labute approximate surface area is 166 Å². The van der Waals surface area contributed by atoms with Gasteiger partial charge in [-0.3, -0.25) is 4.99 Å². The monoisotopic (exact) mass is 455 g/mol. The molecule has 0 saturated carbocycles. The van der Waals surface area contributed by atoms with Crippen LogP contribution in [0.2, 0.25) is 0 Å². The molecule has 130 valence electrons. The third kappa shape index (κ3) is 5.28. The summed E-state index contributed by atoms with van der Waals surface area (Å²) in [7, 11) is 1.85. The first-order chi connectivity index (χ1) is 11.4. The molecule has 0 amide bonds. The molecule has 1 unspecified atom stereocenters. The standard InChI is InChI=1S/C19H25N3S.HI/c1-20-19(22-17-9-5-13-23-14-17)21-12-11-16-8-4-7-15-6-2-3-10-18(15)16;/h2-4,6-8,10,17H,5,9,11-14H2,1H3,(H2,20,21,22);1H. The Hall–Kier alpha value is -0.950. The number of hydrogen-bond donors (Lipinski definition) is 2. The number of nitrogens with one attached hydrogen (secondary N) is 2. The summed E-state index contributed by atoms with van der Waals surface area (Å²) in [6.07, 6.45) is 3.55. The number of rotatable bonds is 4. The van der Waals surface area contributed by atoms with Gasteiger partial charge in [-0.25, -0.2) is 0 Å². The number of thioether (sulfide) groups is 1. The Morgan fingerprint density at radius 2 is 2.04 bits per heavy atom. The molecule has 1 aliphatic heterocycles. The van der Waals surface area contributed by atoms with Gasteiger partial charge in [-0.15, -0.1) is 24.0 Å². The van der Waals surface area contributed by atoms with E-state index < -0.39 is 0 Å². The topological polar surface area (TPSA) is 36.4 Å². The molecule has 1 fully saturated rings. The molecule has 0 bridgehead atoms. The molecule has 24 heavy (non-hydrogen) atoms. The van der Waals surface area contributed by atoms with Gasteiger partial charge >= 0.3 is 0 Å².